The topological polar surface area (TPSA) is 20.7 Å². The lowest BCUT2D eigenvalue weighted by molar-refractivity contribution is 0.765. The van der Waals surface area contributed by atoms with Crippen LogP contribution >= 0.6 is 0 Å². The summed E-state index contributed by atoms with van der Waals surface area (Å²) < 4.78 is 2.34. The molecule has 1 N–H and O–H groups in total. The normalized spacial score (nSPS) is 14.2. The maximum atomic E-state index is 3.63. The lowest BCUT2D eigenvalue weighted by atomic mass is 9.90. The molecule has 0 saturated heterocycles. The van der Waals surface area contributed by atoms with Crippen LogP contribution in [0.4, 0.5) is 0 Å². The number of benzene rings is 5. The van der Waals surface area contributed by atoms with Crippen molar-refractivity contribution in [3.8, 4) is 33.4 Å². The number of fused-ring (bicyclic) bond motifs is 6. The van der Waals surface area contributed by atoms with Gasteiger partial charge in [0.1, 0.15) is 0 Å². The Labute approximate surface area is 248 Å². The van der Waals surface area contributed by atoms with E-state index in [2.05, 4.69) is 145 Å². The molecule has 5 aromatic carbocycles. The molecule has 1 aliphatic rings. The highest BCUT2D eigenvalue weighted by molar-refractivity contribution is 6.10. The van der Waals surface area contributed by atoms with Gasteiger partial charge in [-0.3, -0.25) is 0 Å². The Kier molecular flexibility index (Phi) is 6.55. The Balaban J connectivity index is 0.00000141. The van der Waals surface area contributed by atoms with Crippen LogP contribution in [0.2, 0.25) is 0 Å². The SMILES string of the molecule is CC.CC1CC=Cc2c1c1cc(-c3ccc4[nH]c5ccc(-c6ccc(-c7ccccc7)cc6)cc5c4c3)ccc1n2C. The van der Waals surface area contributed by atoms with Gasteiger partial charge in [0.25, 0.3) is 0 Å². The van der Waals surface area contributed by atoms with Gasteiger partial charge >= 0.3 is 0 Å². The third kappa shape index (κ3) is 4.26. The van der Waals surface area contributed by atoms with E-state index in [0.717, 1.165) is 6.42 Å². The zero-order valence-electron chi connectivity index (χ0n) is 24.8. The summed E-state index contributed by atoms with van der Waals surface area (Å²) in [5, 5.41) is 3.91. The number of hydrogen-bond acceptors (Lipinski definition) is 0. The van der Waals surface area contributed by atoms with Crippen LogP contribution in [0.5, 0.6) is 0 Å². The first-order valence-electron chi connectivity index (χ1n) is 15.1. The van der Waals surface area contributed by atoms with Crippen LogP contribution in [0.1, 0.15) is 44.4 Å². The molecule has 0 radical (unpaired) electrons. The third-order valence-corrected chi connectivity index (χ3v) is 8.80. The van der Waals surface area contributed by atoms with Crippen molar-refractivity contribution in [3.05, 3.63) is 127 Å². The maximum absolute atomic E-state index is 3.63. The summed E-state index contributed by atoms with van der Waals surface area (Å²) in [6.45, 7) is 6.35. The second-order valence-electron chi connectivity index (χ2n) is 11.2. The average molecular weight is 545 g/mol. The van der Waals surface area contributed by atoms with Crippen LogP contribution in [0.3, 0.4) is 0 Å². The van der Waals surface area contributed by atoms with E-state index in [0.29, 0.717) is 5.92 Å². The second-order valence-corrected chi connectivity index (χ2v) is 11.2. The number of nitrogens with one attached hydrogen (secondary N) is 1. The van der Waals surface area contributed by atoms with Crippen LogP contribution in [-0.2, 0) is 7.05 Å². The highest BCUT2D eigenvalue weighted by Gasteiger charge is 2.21. The Morgan fingerprint density at radius 3 is 1.74 bits per heavy atom. The summed E-state index contributed by atoms with van der Waals surface area (Å²) in [5.74, 6) is 0.537. The van der Waals surface area contributed by atoms with Crippen LogP contribution < -0.4 is 0 Å². The highest BCUT2D eigenvalue weighted by atomic mass is 14.9. The van der Waals surface area contributed by atoms with E-state index in [-0.39, 0.29) is 0 Å². The molecule has 2 heteroatoms. The summed E-state index contributed by atoms with van der Waals surface area (Å²) >= 11 is 0. The number of nitrogens with zero attached hydrogens (tertiary/aromatic N) is 1. The van der Waals surface area contributed by atoms with Gasteiger partial charge in [0, 0.05) is 45.5 Å². The molecule has 7 aromatic rings. The van der Waals surface area contributed by atoms with E-state index in [1.54, 1.807) is 0 Å². The minimum absolute atomic E-state index is 0.537. The van der Waals surface area contributed by atoms with Crippen molar-refractivity contribution in [1.82, 2.24) is 9.55 Å². The molecular formula is C40H36N2. The van der Waals surface area contributed by atoms with E-state index in [4.69, 9.17) is 0 Å². The summed E-state index contributed by atoms with van der Waals surface area (Å²) in [6.07, 6.45) is 5.71. The average Bonchev–Trinajstić information content (AvgIpc) is 3.57. The molecule has 0 aliphatic heterocycles. The van der Waals surface area contributed by atoms with Gasteiger partial charge in [0.2, 0.25) is 0 Å². The number of hydrogen-bond donors (Lipinski definition) is 1. The van der Waals surface area contributed by atoms with E-state index >= 15 is 0 Å². The predicted octanol–water partition coefficient (Wildman–Crippen LogP) is 11.4. The van der Waals surface area contributed by atoms with Gasteiger partial charge in [-0.15, -0.1) is 0 Å². The quantitative estimate of drug-likeness (QED) is 0.228. The lowest BCUT2D eigenvalue weighted by Gasteiger charge is -2.15. The molecule has 0 amide bonds. The molecular weight excluding hydrogens is 508 g/mol. The zero-order chi connectivity index (χ0) is 28.8. The molecule has 2 heterocycles. The molecule has 2 aromatic heterocycles. The monoisotopic (exact) mass is 544 g/mol. The largest absolute Gasteiger partial charge is 0.355 e. The van der Waals surface area contributed by atoms with Crippen molar-refractivity contribution in [2.45, 2.75) is 33.1 Å². The summed E-state index contributed by atoms with van der Waals surface area (Å²) in [7, 11) is 2.19. The molecule has 0 saturated carbocycles. The highest BCUT2D eigenvalue weighted by Crippen LogP contribution is 2.40. The molecule has 0 spiro atoms. The van der Waals surface area contributed by atoms with Gasteiger partial charge < -0.3 is 9.55 Å². The number of aryl methyl sites for hydroxylation is 1. The number of aromatic amines is 1. The number of aromatic nitrogens is 2. The van der Waals surface area contributed by atoms with E-state index in [1.807, 2.05) is 13.8 Å². The molecule has 1 aliphatic carbocycles. The minimum atomic E-state index is 0.537. The summed E-state index contributed by atoms with van der Waals surface area (Å²) in [4.78, 5) is 3.63. The number of H-pyrrole nitrogens is 1. The van der Waals surface area contributed by atoms with Gasteiger partial charge in [-0.1, -0.05) is 99.6 Å². The van der Waals surface area contributed by atoms with Crippen molar-refractivity contribution in [1.29, 1.82) is 0 Å². The van der Waals surface area contributed by atoms with Crippen LogP contribution in [0.25, 0.3) is 72.2 Å². The van der Waals surface area contributed by atoms with Gasteiger partial charge in [0.05, 0.1) is 0 Å². The van der Waals surface area contributed by atoms with Gasteiger partial charge in [-0.05, 0) is 93.8 Å². The van der Waals surface area contributed by atoms with Crippen molar-refractivity contribution in [3.63, 3.8) is 0 Å². The van der Waals surface area contributed by atoms with Gasteiger partial charge in [-0.25, -0.2) is 0 Å². The molecule has 1 unspecified atom stereocenters. The number of rotatable bonds is 3. The Bertz CT molecular complexity index is 2090. The lowest BCUT2D eigenvalue weighted by Crippen LogP contribution is -2.00. The molecule has 8 rings (SSSR count). The van der Waals surface area contributed by atoms with Crippen molar-refractivity contribution >= 4 is 38.8 Å². The Morgan fingerprint density at radius 1 is 0.595 bits per heavy atom. The fraction of sp³-hybridized carbons (Fsp3) is 0.150. The van der Waals surface area contributed by atoms with Gasteiger partial charge in [0.15, 0.2) is 0 Å². The van der Waals surface area contributed by atoms with Gasteiger partial charge in [-0.2, -0.15) is 0 Å². The predicted molar refractivity (Wildman–Crippen MR) is 182 cm³/mol. The second kappa shape index (κ2) is 10.5. The Hall–Kier alpha value is -4.82. The van der Waals surface area contributed by atoms with Crippen molar-refractivity contribution in [2.75, 3.05) is 0 Å². The first-order valence-corrected chi connectivity index (χ1v) is 15.1. The fourth-order valence-corrected chi connectivity index (χ4v) is 6.64. The van der Waals surface area contributed by atoms with E-state index < -0.39 is 0 Å². The first kappa shape index (κ1) is 26.1. The molecule has 0 fully saturated rings. The molecule has 1 atom stereocenters. The van der Waals surface area contributed by atoms with E-state index in [9.17, 15) is 0 Å². The zero-order valence-corrected chi connectivity index (χ0v) is 24.8. The van der Waals surface area contributed by atoms with E-state index in [1.165, 1.54) is 77.3 Å². The fourth-order valence-electron chi connectivity index (χ4n) is 6.64. The number of allylic oxidation sites excluding steroid dienone is 1. The van der Waals surface area contributed by atoms with Crippen LogP contribution in [0.15, 0.2) is 115 Å². The molecule has 2 nitrogen and oxygen atoms in total. The van der Waals surface area contributed by atoms with Crippen molar-refractivity contribution < 1.29 is 0 Å². The molecule has 0 bridgehead atoms. The third-order valence-electron chi connectivity index (χ3n) is 8.80. The van der Waals surface area contributed by atoms with Crippen LogP contribution in [0, 0.1) is 0 Å². The minimum Gasteiger partial charge on any atom is -0.355 e. The molecule has 42 heavy (non-hydrogen) atoms. The van der Waals surface area contributed by atoms with Crippen LogP contribution in [-0.4, -0.2) is 9.55 Å². The Morgan fingerprint density at radius 2 is 1.10 bits per heavy atom. The maximum Gasteiger partial charge on any atom is 0.0485 e. The molecule has 206 valence electrons. The van der Waals surface area contributed by atoms with Crippen molar-refractivity contribution in [2.24, 2.45) is 7.05 Å². The smallest absolute Gasteiger partial charge is 0.0485 e. The standard InChI is InChI=1S/C38H30N2.C2H6/c1-24-7-6-10-37-38(24)33-23-30(17-20-36(33)40(37)2)29-16-19-35-32(22-29)31-21-28(15-18-34(31)39-35)27-13-11-26(12-14-27)25-8-4-3-5-9-25;1-2/h3-6,8-24,39H,7H2,1-2H3;1-2H3. The summed E-state index contributed by atoms with van der Waals surface area (Å²) in [6, 6.07) is 40.0. The first-order chi connectivity index (χ1) is 20.6. The summed E-state index contributed by atoms with van der Waals surface area (Å²) in [5.41, 5.74) is 14.0.